The molecule has 1 amide bonds. The first kappa shape index (κ1) is 14.2. The number of hydrogen-bond acceptors (Lipinski definition) is 3. The third-order valence-corrected chi connectivity index (χ3v) is 5.14. The molecule has 3 rings (SSSR count). The van der Waals surface area contributed by atoms with Gasteiger partial charge in [-0.1, -0.05) is 6.42 Å². The first-order valence-corrected chi connectivity index (χ1v) is 7.89. The van der Waals surface area contributed by atoms with E-state index in [0.717, 1.165) is 30.0 Å². The van der Waals surface area contributed by atoms with Crippen molar-refractivity contribution in [2.45, 2.75) is 25.7 Å². The van der Waals surface area contributed by atoms with Crippen LogP contribution in [0.1, 0.15) is 36.0 Å². The minimum absolute atomic E-state index is 0.0126. The van der Waals surface area contributed by atoms with E-state index in [0.29, 0.717) is 11.3 Å². The van der Waals surface area contributed by atoms with Crippen molar-refractivity contribution in [3.8, 4) is 0 Å². The van der Waals surface area contributed by atoms with Gasteiger partial charge in [-0.2, -0.15) is 0 Å². The number of nitrogens with one attached hydrogen (secondary N) is 1. The lowest BCUT2D eigenvalue weighted by Gasteiger charge is -2.23. The van der Waals surface area contributed by atoms with E-state index in [1.165, 1.54) is 25.7 Å². The molecule has 0 aliphatic heterocycles. The van der Waals surface area contributed by atoms with Gasteiger partial charge in [0, 0.05) is 26.2 Å². The minimum atomic E-state index is -0.0126. The average Bonchev–Trinajstić information content (AvgIpc) is 3.07. The average molecular weight is 287 g/mol. The van der Waals surface area contributed by atoms with Gasteiger partial charge in [-0.25, -0.2) is 0 Å². The van der Waals surface area contributed by atoms with Gasteiger partial charge in [-0.05, 0) is 55.2 Å². The molecule has 0 spiro atoms. The minimum Gasteiger partial charge on any atom is -0.397 e. The van der Waals surface area contributed by atoms with Gasteiger partial charge in [0.1, 0.15) is 0 Å². The number of nitrogens with zero attached hydrogens (tertiary/aromatic N) is 1. The van der Waals surface area contributed by atoms with Crippen LogP contribution in [0.25, 0.3) is 0 Å². The number of nitrogens with two attached hydrogens (primary N) is 1. The second-order valence-electron chi connectivity index (χ2n) is 6.82. The second kappa shape index (κ2) is 5.58. The van der Waals surface area contributed by atoms with E-state index in [1.807, 2.05) is 12.1 Å². The van der Waals surface area contributed by atoms with E-state index in [4.69, 9.17) is 5.73 Å². The largest absolute Gasteiger partial charge is 0.397 e. The molecule has 2 bridgehead atoms. The van der Waals surface area contributed by atoms with Crippen molar-refractivity contribution in [3.63, 3.8) is 0 Å². The van der Waals surface area contributed by atoms with E-state index in [-0.39, 0.29) is 5.91 Å². The molecule has 3 atom stereocenters. The number of rotatable bonds is 4. The van der Waals surface area contributed by atoms with Crippen molar-refractivity contribution >= 4 is 17.3 Å². The Morgan fingerprint density at radius 1 is 1.33 bits per heavy atom. The first-order chi connectivity index (χ1) is 10.0. The van der Waals surface area contributed by atoms with Gasteiger partial charge in [-0.15, -0.1) is 0 Å². The van der Waals surface area contributed by atoms with Crippen molar-refractivity contribution in [2.75, 3.05) is 31.7 Å². The smallest absolute Gasteiger partial charge is 0.253 e. The third kappa shape index (κ3) is 2.85. The molecule has 0 radical (unpaired) electrons. The molecule has 114 valence electrons. The standard InChI is InChI=1S/C17H25N3O/c1-20(2)17(21)13-5-6-16(15(18)9-13)19-10-14-8-11-3-4-12(14)7-11/h5-6,9,11-12,14,19H,3-4,7-8,10,18H2,1-2H3. The number of carbonyl (C=O) groups is 1. The van der Waals surface area contributed by atoms with Crippen LogP contribution >= 0.6 is 0 Å². The fourth-order valence-corrected chi connectivity index (χ4v) is 3.98. The number of hydrogen-bond donors (Lipinski definition) is 2. The summed E-state index contributed by atoms with van der Waals surface area (Å²) in [6, 6.07) is 5.55. The molecular weight excluding hydrogens is 262 g/mol. The zero-order valence-electron chi connectivity index (χ0n) is 12.9. The summed E-state index contributed by atoms with van der Waals surface area (Å²) in [6.45, 7) is 1.01. The van der Waals surface area contributed by atoms with Gasteiger partial charge in [0.15, 0.2) is 0 Å². The van der Waals surface area contributed by atoms with Gasteiger partial charge < -0.3 is 16.0 Å². The van der Waals surface area contributed by atoms with Gasteiger partial charge in [0.05, 0.1) is 11.4 Å². The molecule has 0 heterocycles. The fourth-order valence-electron chi connectivity index (χ4n) is 3.98. The van der Waals surface area contributed by atoms with E-state index in [1.54, 1.807) is 25.1 Å². The van der Waals surface area contributed by atoms with E-state index in [2.05, 4.69) is 5.32 Å². The molecule has 3 N–H and O–H groups in total. The first-order valence-electron chi connectivity index (χ1n) is 7.89. The van der Waals surface area contributed by atoms with E-state index < -0.39 is 0 Å². The summed E-state index contributed by atoms with van der Waals surface area (Å²) >= 11 is 0. The molecule has 1 aromatic rings. The molecule has 0 saturated heterocycles. The number of carbonyl (C=O) groups excluding carboxylic acids is 1. The molecule has 4 heteroatoms. The van der Waals surface area contributed by atoms with Crippen molar-refractivity contribution in [1.29, 1.82) is 0 Å². The van der Waals surface area contributed by atoms with Crippen LogP contribution in [0.2, 0.25) is 0 Å². The van der Waals surface area contributed by atoms with Crippen LogP contribution in [-0.4, -0.2) is 31.4 Å². The lowest BCUT2D eigenvalue weighted by atomic mass is 9.89. The summed E-state index contributed by atoms with van der Waals surface area (Å²) in [5.74, 6) is 2.67. The number of fused-ring (bicyclic) bond motifs is 2. The molecule has 0 aromatic heterocycles. The molecule has 2 aliphatic carbocycles. The lowest BCUT2D eigenvalue weighted by molar-refractivity contribution is 0.0827. The highest BCUT2D eigenvalue weighted by Gasteiger charge is 2.39. The Morgan fingerprint density at radius 2 is 2.14 bits per heavy atom. The summed E-state index contributed by atoms with van der Waals surface area (Å²) in [5, 5.41) is 3.49. The second-order valence-corrected chi connectivity index (χ2v) is 6.82. The monoisotopic (exact) mass is 287 g/mol. The number of amides is 1. The quantitative estimate of drug-likeness (QED) is 0.837. The van der Waals surface area contributed by atoms with Gasteiger partial charge >= 0.3 is 0 Å². The Bertz CT molecular complexity index is 541. The number of benzene rings is 1. The molecular formula is C17H25N3O. The Labute approximate surface area is 126 Å². The number of nitrogen functional groups attached to an aromatic ring is 1. The third-order valence-electron chi connectivity index (χ3n) is 5.14. The van der Waals surface area contributed by atoms with Gasteiger partial charge in [-0.3, -0.25) is 4.79 Å². The van der Waals surface area contributed by atoms with Gasteiger partial charge in [0.25, 0.3) is 5.91 Å². The summed E-state index contributed by atoms with van der Waals surface area (Å²) in [5.41, 5.74) is 8.34. The van der Waals surface area contributed by atoms with Crippen LogP contribution in [0, 0.1) is 17.8 Å². The lowest BCUT2D eigenvalue weighted by Crippen LogP contribution is -2.22. The van der Waals surface area contributed by atoms with Crippen LogP contribution in [0.3, 0.4) is 0 Å². The summed E-state index contributed by atoms with van der Waals surface area (Å²) in [4.78, 5) is 13.5. The highest BCUT2D eigenvalue weighted by atomic mass is 16.2. The van der Waals surface area contributed by atoms with Crippen LogP contribution < -0.4 is 11.1 Å². The molecule has 3 unspecified atom stereocenters. The Balaban J connectivity index is 1.62. The summed E-state index contributed by atoms with van der Waals surface area (Å²) in [7, 11) is 3.50. The maximum atomic E-state index is 11.9. The maximum absolute atomic E-state index is 11.9. The van der Waals surface area contributed by atoms with E-state index >= 15 is 0 Å². The van der Waals surface area contributed by atoms with Crippen molar-refractivity contribution in [2.24, 2.45) is 17.8 Å². The topological polar surface area (TPSA) is 58.4 Å². The molecule has 1 aromatic carbocycles. The predicted molar refractivity (Wildman–Crippen MR) is 86.3 cm³/mol. The van der Waals surface area contributed by atoms with Crippen LogP contribution in [0.15, 0.2) is 18.2 Å². The molecule has 4 nitrogen and oxygen atoms in total. The van der Waals surface area contributed by atoms with Gasteiger partial charge in [0.2, 0.25) is 0 Å². The Kier molecular flexibility index (Phi) is 3.79. The zero-order valence-corrected chi connectivity index (χ0v) is 12.9. The van der Waals surface area contributed by atoms with Crippen molar-refractivity contribution in [3.05, 3.63) is 23.8 Å². The van der Waals surface area contributed by atoms with Crippen molar-refractivity contribution < 1.29 is 4.79 Å². The molecule has 2 saturated carbocycles. The van der Waals surface area contributed by atoms with E-state index in [9.17, 15) is 4.79 Å². The fraction of sp³-hybridized carbons (Fsp3) is 0.588. The molecule has 2 aliphatic rings. The highest BCUT2D eigenvalue weighted by Crippen LogP contribution is 2.48. The number of anilines is 2. The zero-order chi connectivity index (χ0) is 15.0. The van der Waals surface area contributed by atoms with Crippen molar-refractivity contribution in [1.82, 2.24) is 4.90 Å². The van der Waals surface area contributed by atoms with Crippen LogP contribution in [-0.2, 0) is 0 Å². The maximum Gasteiger partial charge on any atom is 0.253 e. The summed E-state index contributed by atoms with van der Waals surface area (Å²) < 4.78 is 0. The Hall–Kier alpha value is -1.71. The molecule has 21 heavy (non-hydrogen) atoms. The summed E-state index contributed by atoms with van der Waals surface area (Å²) in [6.07, 6.45) is 5.64. The van der Waals surface area contributed by atoms with Crippen LogP contribution in [0.5, 0.6) is 0 Å². The Morgan fingerprint density at radius 3 is 2.71 bits per heavy atom. The molecule has 2 fully saturated rings. The highest BCUT2D eigenvalue weighted by molar-refractivity contribution is 5.95. The predicted octanol–water partition coefficient (Wildman–Crippen LogP) is 2.82. The normalized spacial score (nSPS) is 26.9. The SMILES string of the molecule is CN(C)C(=O)c1ccc(NCC2CC3CCC2C3)c(N)c1. The van der Waals surface area contributed by atoms with Crippen LogP contribution in [0.4, 0.5) is 11.4 Å².